The van der Waals surface area contributed by atoms with Crippen LogP contribution >= 0.6 is 0 Å². The van der Waals surface area contributed by atoms with Crippen molar-refractivity contribution in [2.75, 3.05) is 0 Å². The van der Waals surface area contributed by atoms with Gasteiger partial charge in [0.05, 0.1) is 5.92 Å². The number of hydrogen-bond donors (Lipinski definition) is 1. The van der Waals surface area contributed by atoms with Crippen molar-refractivity contribution < 1.29 is 18.7 Å². The number of aliphatic carboxylic acids is 1. The molecule has 12 heavy (non-hydrogen) atoms. The maximum atomic E-state index is 13.2. The zero-order valence-corrected chi connectivity index (χ0v) is 6.21. The lowest BCUT2D eigenvalue weighted by Gasteiger charge is -2.16. The Labute approximate surface area is 67.6 Å². The van der Waals surface area contributed by atoms with Crippen molar-refractivity contribution in [1.82, 2.24) is 0 Å². The van der Waals surface area contributed by atoms with Crippen LogP contribution in [0, 0.1) is 29.6 Å². The summed E-state index contributed by atoms with van der Waals surface area (Å²) in [6, 6.07) is 0. The molecule has 4 heteroatoms. The predicted octanol–water partition coefficient (Wildman–Crippen LogP) is 1.22. The molecule has 2 nitrogen and oxygen atoms in total. The van der Waals surface area contributed by atoms with Crippen LogP contribution in [-0.2, 0) is 4.79 Å². The molecule has 0 saturated heterocycles. The van der Waals surface area contributed by atoms with Crippen molar-refractivity contribution in [3.8, 4) is 0 Å². The number of halogens is 2. The highest BCUT2D eigenvalue weighted by molar-refractivity contribution is 5.73. The summed E-state index contributed by atoms with van der Waals surface area (Å²) in [6.45, 7) is 0. The van der Waals surface area contributed by atoms with Gasteiger partial charge in [0.1, 0.15) is 0 Å². The van der Waals surface area contributed by atoms with E-state index in [1.54, 1.807) is 0 Å². The van der Waals surface area contributed by atoms with E-state index < -0.39 is 29.6 Å². The van der Waals surface area contributed by atoms with Crippen LogP contribution in [0.1, 0.15) is 6.42 Å². The van der Waals surface area contributed by atoms with Crippen LogP contribution < -0.4 is 0 Å². The van der Waals surface area contributed by atoms with Crippen molar-refractivity contribution in [3.63, 3.8) is 0 Å². The lowest BCUT2D eigenvalue weighted by molar-refractivity contribution is -0.146. The van der Waals surface area contributed by atoms with Crippen molar-refractivity contribution in [3.05, 3.63) is 0 Å². The number of carboxylic acids is 1. The summed E-state index contributed by atoms with van der Waals surface area (Å²) in [5, 5.41) is 8.71. The van der Waals surface area contributed by atoms with Gasteiger partial charge in [0.15, 0.2) is 0 Å². The van der Waals surface area contributed by atoms with E-state index in [1.165, 1.54) is 0 Å². The third-order valence-electron chi connectivity index (χ3n) is 3.83. The van der Waals surface area contributed by atoms with Crippen molar-refractivity contribution in [2.24, 2.45) is 29.6 Å². The molecular formula is C8H8F2O2. The first-order chi connectivity index (χ1) is 5.55. The molecule has 4 aliphatic carbocycles. The minimum Gasteiger partial charge on any atom is -0.481 e. The monoisotopic (exact) mass is 174 g/mol. The van der Waals surface area contributed by atoms with Crippen molar-refractivity contribution >= 4 is 5.97 Å². The average molecular weight is 174 g/mol. The van der Waals surface area contributed by atoms with Gasteiger partial charge in [-0.2, -0.15) is 0 Å². The molecule has 4 aliphatic rings. The number of carbonyl (C=O) groups is 1. The van der Waals surface area contributed by atoms with E-state index in [-0.39, 0.29) is 11.8 Å². The van der Waals surface area contributed by atoms with E-state index in [0.717, 1.165) is 0 Å². The first-order valence-electron chi connectivity index (χ1n) is 4.15. The van der Waals surface area contributed by atoms with Crippen LogP contribution in [0.4, 0.5) is 8.78 Å². The van der Waals surface area contributed by atoms with Crippen LogP contribution in [0.25, 0.3) is 0 Å². The molecule has 4 rings (SSSR count). The average Bonchev–Trinajstić information content (AvgIpc) is 2.28. The number of carboxylic acid groups (broad SMARTS) is 1. The second kappa shape index (κ2) is 1.52. The normalized spacial score (nSPS) is 57.3. The summed E-state index contributed by atoms with van der Waals surface area (Å²) in [4.78, 5) is 10.6. The zero-order valence-electron chi connectivity index (χ0n) is 6.21. The van der Waals surface area contributed by atoms with Gasteiger partial charge in [0, 0.05) is 11.8 Å². The number of rotatable bonds is 1. The molecule has 4 bridgehead atoms. The van der Waals surface area contributed by atoms with Gasteiger partial charge in [0.2, 0.25) is 0 Å². The molecule has 5 atom stereocenters. The Morgan fingerprint density at radius 1 is 1.50 bits per heavy atom. The SMILES string of the molecule is O=C(O)[C@H]1C2CC3C([C@@H]31)C2(F)F. The summed E-state index contributed by atoms with van der Waals surface area (Å²) in [5.41, 5.74) is 0. The quantitative estimate of drug-likeness (QED) is 0.648. The molecular weight excluding hydrogens is 166 g/mol. The van der Waals surface area contributed by atoms with Gasteiger partial charge < -0.3 is 5.11 Å². The Morgan fingerprint density at radius 3 is 2.33 bits per heavy atom. The maximum absolute atomic E-state index is 13.2. The third kappa shape index (κ3) is 0.465. The highest BCUT2D eigenvalue weighted by atomic mass is 19.3. The van der Waals surface area contributed by atoms with Gasteiger partial charge in [-0.05, 0) is 18.3 Å². The summed E-state index contributed by atoms with van der Waals surface area (Å²) in [7, 11) is 0. The van der Waals surface area contributed by atoms with Crippen LogP contribution in [0.15, 0.2) is 0 Å². The molecule has 0 radical (unpaired) electrons. The molecule has 66 valence electrons. The van der Waals surface area contributed by atoms with Crippen LogP contribution in [-0.4, -0.2) is 17.0 Å². The van der Waals surface area contributed by atoms with Gasteiger partial charge in [-0.25, -0.2) is 8.78 Å². The fraction of sp³-hybridized carbons (Fsp3) is 0.875. The second-order valence-electron chi connectivity index (χ2n) is 4.15. The van der Waals surface area contributed by atoms with Gasteiger partial charge >= 0.3 is 5.97 Å². The van der Waals surface area contributed by atoms with E-state index >= 15 is 0 Å². The van der Waals surface area contributed by atoms with Gasteiger partial charge in [-0.1, -0.05) is 0 Å². The van der Waals surface area contributed by atoms with Crippen LogP contribution in [0.3, 0.4) is 0 Å². The van der Waals surface area contributed by atoms with Crippen molar-refractivity contribution in [1.29, 1.82) is 0 Å². The van der Waals surface area contributed by atoms with E-state index in [0.29, 0.717) is 6.42 Å². The molecule has 4 saturated carbocycles. The topological polar surface area (TPSA) is 37.3 Å². The molecule has 0 aromatic rings. The Hall–Kier alpha value is -0.670. The lowest BCUT2D eigenvalue weighted by Crippen LogP contribution is -2.27. The van der Waals surface area contributed by atoms with E-state index in [9.17, 15) is 13.6 Å². The van der Waals surface area contributed by atoms with Crippen LogP contribution in [0.2, 0.25) is 0 Å². The summed E-state index contributed by atoms with van der Waals surface area (Å²) < 4.78 is 26.3. The molecule has 0 amide bonds. The van der Waals surface area contributed by atoms with Gasteiger partial charge in [-0.3, -0.25) is 4.79 Å². The summed E-state index contributed by atoms with van der Waals surface area (Å²) in [5.74, 6) is -6.02. The number of hydrogen-bond acceptors (Lipinski definition) is 1. The zero-order chi connectivity index (χ0) is 8.67. The molecule has 3 unspecified atom stereocenters. The van der Waals surface area contributed by atoms with E-state index in [2.05, 4.69) is 0 Å². The van der Waals surface area contributed by atoms with Crippen molar-refractivity contribution in [2.45, 2.75) is 12.3 Å². The summed E-state index contributed by atoms with van der Waals surface area (Å²) >= 11 is 0. The first kappa shape index (κ1) is 6.80. The smallest absolute Gasteiger partial charge is 0.307 e. The molecule has 0 aliphatic heterocycles. The fourth-order valence-corrected chi connectivity index (χ4v) is 3.42. The predicted molar refractivity (Wildman–Crippen MR) is 34.6 cm³/mol. The Balaban J connectivity index is 2.02. The van der Waals surface area contributed by atoms with E-state index in [4.69, 9.17) is 5.11 Å². The second-order valence-corrected chi connectivity index (χ2v) is 4.15. The molecule has 0 heterocycles. The summed E-state index contributed by atoms with van der Waals surface area (Å²) in [6.07, 6.45) is 0.444. The largest absolute Gasteiger partial charge is 0.481 e. The minimum atomic E-state index is -2.67. The van der Waals surface area contributed by atoms with Crippen LogP contribution in [0.5, 0.6) is 0 Å². The Morgan fingerprint density at radius 2 is 2.17 bits per heavy atom. The van der Waals surface area contributed by atoms with Gasteiger partial charge in [0.25, 0.3) is 5.92 Å². The number of alkyl halides is 2. The first-order valence-corrected chi connectivity index (χ1v) is 4.15. The molecule has 0 spiro atoms. The Bertz CT molecular complexity index is 276. The maximum Gasteiger partial charge on any atom is 0.307 e. The lowest BCUT2D eigenvalue weighted by atomic mass is 9.97. The molecule has 0 aromatic carbocycles. The van der Waals surface area contributed by atoms with Gasteiger partial charge in [-0.15, -0.1) is 0 Å². The molecule has 1 N–H and O–H groups in total. The highest BCUT2D eigenvalue weighted by Gasteiger charge is 2.83. The fourth-order valence-electron chi connectivity index (χ4n) is 3.42. The minimum absolute atomic E-state index is 0.0334. The molecule has 4 fully saturated rings. The highest BCUT2D eigenvalue weighted by Crippen LogP contribution is 2.78. The third-order valence-corrected chi connectivity index (χ3v) is 3.83. The Kier molecular flexibility index (Phi) is 0.861. The molecule has 0 aromatic heterocycles. The standard InChI is InChI=1S/C8H8F2O2/c9-8(10)3-1-2-4(6(2)8)5(3)7(11)12/h2-6H,1H2,(H,11,12)/t2?,3?,4-,5-,6?/m0/s1. The van der Waals surface area contributed by atoms with E-state index in [1.807, 2.05) is 0 Å².